The number of fused-ring (bicyclic) bond motifs is 1. The summed E-state index contributed by atoms with van der Waals surface area (Å²) in [5, 5.41) is 0. The molecule has 0 saturated carbocycles. The standard InChI is InChI=1S/C23H28N4O2/c1-18-7-6-11-27-20(17-26-13-15-29-16-14-26)21(24-22(18)27)23(28)25(2)12-10-19-8-4-3-5-9-19/h3-9,11H,10,12-17H2,1-2H3. The molecule has 6 heteroatoms. The molecule has 1 saturated heterocycles. The second-order valence-electron chi connectivity index (χ2n) is 7.64. The Bertz CT molecular complexity index is 977. The largest absolute Gasteiger partial charge is 0.379 e. The average molecular weight is 393 g/mol. The molecule has 4 rings (SSSR count). The summed E-state index contributed by atoms with van der Waals surface area (Å²) in [6, 6.07) is 14.3. The van der Waals surface area contributed by atoms with Crippen LogP contribution in [-0.2, 0) is 17.7 Å². The molecule has 29 heavy (non-hydrogen) atoms. The first-order valence-electron chi connectivity index (χ1n) is 10.2. The van der Waals surface area contributed by atoms with E-state index < -0.39 is 0 Å². The smallest absolute Gasteiger partial charge is 0.274 e. The van der Waals surface area contributed by atoms with Gasteiger partial charge in [0.2, 0.25) is 0 Å². The molecular weight excluding hydrogens is 364 g/mol. The number of carbonyl (C=O) groups excluding carboxylic acids is 1. The molecule has 6 nitrogen and oxygen atoms in total. The lowest BCUT2D eigenvalue weighted by molar-refractivity contribution is 0.0333. The van der Waals surface area contributed by atoms with Crippen LogP contribution in [0.3, 0.4) is 0 Å². The lowest BCUT2D eigenvalue weighted by Gasteiger charge is -2.27. The minimum atomic E-state index is -0.0210. The van der Waals surface area contributed by atoms with Crippen LogP contribution in [0.25, 0.3) is 5.65 Å². The number of aromatic nitrogens is 2. The van der Waals surface area contributed by atoms with Crippen LogP contribution < -0.4 is 0 Å². The van der Waals surface area contributed by atoms with E-state index >= 15 is 0 Å². The molecule has 3 heterocycles. The molecule has 0 spiro atoms. The lowest BCUT2D eigenvalue weighted by atomic mass is 10.1. The van der Waals surface area contributed by atoms with Gasteiger partial charge >= 0.3 is 0 Å². The van der Waals surface area contributed by atoms with Crippen LogP contribution in [0.4, 0.5) is 0 Å². The third-order valence-electron chi connectivity index (χ3n) is 5.55. The van der Waals surface area contributed by atoms with Crippen molar-refractivity contribution in [2.75, 3.05) is 39.9 Å². The summed E-state index contributed by atoms with van der Waals surface area (Å²) < 4.78 is 7.55. The number of nitrogens with zero attached hydrogens (tertiary/aromatic N) is 4. The van der Waals surface area contributed by atoms with Crippen molar-refractivity contribution >= 4 is 11.6 Å². The van der Waals surface area contributed by atoms with Crippen LogP contribution in [0.2, 0.25) is 0 Å². The Morgan fingerprint density at radius 2 is 1.90 bits per heavy atom. The van der Waals surface area contributed by atoms with Crippen molar-refractivity contribution in [2.24, 2.45) is 0 Å². The molecule has 0 radical (unpaired) electrons. The van der Waals surface area contributed by atoms with Gasteiger partial charge in [-0.2, -0.15) is 0 Å². The molecule has 1 aliphatic rings. The third-order valence-corrected chi connectivity index (χ3v) is 5.55. The Labute approximate surface area is 171 Å². The number of benzene rings is 1. The fourth-order valence-electron chi connectivity index (χ4n) is 3.77. The Balaban J connectivity index is 1.59. The van der Waals surface area contributed by atoms with Gasteiger partial charge in [-0.15, -0.1) is 0 Å². The quantitative estimate of drug-likeness (QED) is 0.647. The van der Waals surface area contributed by atoms with Gasteiger partial charge in [0, 0.05) is 39.4 Å². The molecule has 1 aliphatic heterocycles. The molecule has 1 amide bonds. The summed E-state index contributed by atoms with van der Waals surface area (Å²) in [4.78, 5) is 22.2. The number of rotatable bonds is 6. The number of aryl methyl sites for hydroxylation is 1. The zero-order chi connectivity index (χ0) is 20.2. The molecule has 0 aliphatic carbocycles. The topological polar surface area (TPSA) is 50.1 Å². The van der Waals surface area contributed by atoms with Crippen molar-refractivity contribution in [1.82, 2.24) is 19.2 Å². The van der Waals surface area contributed by atoms with Gasteiger partial charge in [0.05, 0.1) is 18.9 Å². The second-order valence-corrected chi connectivity index (χ2v) is 7.64. The molecule has 0 unspecified atom stereocenters. The van der Waals surface area contributed by atoms with Crippen molar-refractivity contribution in [3.05, 3.63) is 71.2 Å². The highest BCUT2D eigenvalue weighted by Gasteiger charge is 2.24. The monoisotopic (exact) mass is 392 g/mol. The Morgan fingerprint density at radius 1 is 1.14 bits per heavy atom. The predicted octanol–water partition coefficient (Wildman–Crippen LogP) is 2.79. The number of carbonyl (C=O) groups is 1. The van der Waals surface area contributed by atoms with Crippen molar-refractivity contribution in [3.8, 4) is 0 Å². The van der Waals surface area contributed by atoms with Crippen LogP contribution in [0.15, 0.2) is 48.7 Å². The molecule has 2 aromatic heterocycles. The summed E-state index contributed by atoms with van der Waals surface area (Å²) in [6.07, 6.45) is 2.83. The third kappa shape index (κ3) is 4.33. The normalized spacial score (nSPS) is 15.0. The predicted molar refractivity (Wildman–Crippen MR) is 113 cm³/mol. The Hall–Kier alpha value is -2.70. The van der Waals surface area contributed by atoms with Crippen molar-refractivity contribution in [2.45, 2.75) is 19.9 Å². The first-order chi connectivity index (χ1) is 14.1. The van der Waals surface area contributed by atoms with E-state index in [4.69, 9.17) is 9.72 Å². The van der Waals surface area contributed by atoms with Gasteiger partial charge in [-0.1, -0.05) is 36.4 Å². The second kappa shape index (κ2) is 8.76. The van der Waals surface area contributed by atoms with Crippen LogP contribution >= 0.6 is 0 Å². The van der Waals surface area contributed by atoms with Gasteiger partial charge in [-0.3, -0.25) is 9.69 Å². The Kier molecular flexibility index (Phi) is 5.92. The van der Waals surface area contributed by atoms with Gasteiger partial charge < -0.3 is 14.0 Å². The number of ether oxygens (including phenoxy) is 1. The highest BCUT2D eigenvalue weighted by molar-refractivity contribution is 5.94. The number of morpholine rings is 1. The minimum Gasteiger partial charge on any atom is -0.379 e. The average Bonchev–Trinajstić information content (AvgIpc) is 3.12. The van der Waals surface area contributed by atoms with Crippen LogP contribution in [0.5, 0.6) is 0 Å². The van der Waals surface area contributed by atoms with Crippen LogP contribution in [0.1, 0.15) is 27.3 Å². The highest BCUT2D eigenvalue weighted by atomic mass is 16.5. The Morgan fingerprint density at radius 3 is 2.66 bits per heavy atom. The van der Waals surface area contributed by atoms with E-state index in [2.05, 4.69) is 21.4 Å². The van der Waals surface area contributed by atoms with Gasteiger partial charge in [-0.25, -0.2) is 4.98 Å². The van der Waals surface area contributed by atoms with E-state index in [1.54, 1.807) is 4.90 Å². The van der Waals surface area contributed by atoms with E-state index in [0.717, 1.165) is 49.6 Å². The van der Waals surface area contributed by atoms with Crippen LogP contribution in [0, 0.1) is 6.92 Å². The fourth-order valence-corrected chi connectivity index (χ4v) is 3.77. The van der Waals surface area contributed by atoms with E-state index in [1.165, 1.54) is 5.56 Å². The first-order valence-corrected chi connectivity index (χ1v) is 10.2. The van der Waals surface area contributed by atoms with Crippen molar-refractivity contribution in [3.63, 3.8) is 0 Å². The first kappa shape index (κ1) is 19.6. The summed E-state index contributed by atoms with van der Waals surface area (Å²) in [6.45, 7) is 6.60. The van der Waals surface area contributed by atoms with Crippen molar-refractivity contribution in [1.29, 1.82) is 0 Å². The molecule has 1 fully saturated rings. The van der Waals surface area contributed by atoms with E-state index in [1.807, 2.05) is 50.5 Å². The molecule has 152 valence electrons. The van der Waals surface area contributed by atoms with E-state index in [9.17, 15) is 4.79 Å². The van der Waals surface area contributed by atoms with Gasteiger partial charge in [0.25, 0.3) is 5.91 Å². The van der Waals surface area contributed by atoms with Crippen LogP contribution in [-0.4, -0.2) is 65.0 Å². The SMILES string of the molecule is Cc1cccn2c(CN3CCOCC3)c(C(=O)N(C)CCc3ccccc3)nc12. The van der Waals surface area contributed by atoms with E-state index in [-0.39, 0.29) is 5.91 Å². The van der Waals surface area contributed by atoms with Gasteiger partial charge in [0.1, 0.15) is 5.65 Å². The number of amides is 1. The van der Waals surface area contributed by atoms with Gasteiger partial charge in [-0.05, 0) is 30.5 Å². The zero-order valence-electron chi connectivity index (χ0n) is 17.2. The molecule has 0 atom stereocenters. The summed E-state index contributed by atoms with van der Waals surface area (Å²) in [5.74, 6) is -0.0210. The zero-order valence-corrected chi connectivity index (χ0v) is 17.2. The lowest BCUT2D eigenvalue weighted by Crippen LogP contribution is -2.37. The molecule has 0 N–H and O–H groups in total. The number of hydrogen-bond acceptors (Lipinski definition) is 4. The summed E-state index contributed by atoms with van der Waals surface area (Å²) >= 11 is 0. The number of hydrogen-bond donors (Lipinski definition) is 0. The maximum Gasteiger partial charge on any atom is 0.274 e. The highest BCUT2D eigenvalue weighted by Crippen LogP contribution is 2.20. The number of likely N-dealkylation sites (N-methyl/N-ethyl adjacent to an activating group) is 1. The summed E-state index contributed by atoms with van der Waals surface area (Å²) in [7, 11) is 1.86. The molecule has 1 aromatic carbocycles. The molecule has 3 aromatic rings. The molecule has 0 bridgehead atoms. The molecular formula is C23H28N4O2. The van der Waals surface area contributed by atoms with Crippen molar-refractivity contribution < 1.29 is 9.53 Å². The fraction of sp³-hybridized carbons (Fsp3) is 0.391. The summed E-state index contributed by atoms with van der Waals surface area (Å²) in [5.41, 5.74) is 4.67. The van der Waals surface area contributed by atoms with Gasteiger partial charge in [0.15, 0.2) is 5.69 Å². The maximum absolute atomic E-state index is 13.3. The number of pyridine rings is 1. The van der Waals surface area contributed by atoms with E-state index in [0.29, 0.717) is 18.8 Å². The maximum atomic E-state index is 13.3. The number of imidazole rings is 1. The minimum absolute atomic E-state index is 0.0210.